The van der Waals surface area contributed by atoms with Crippen LogP contribution in [0.1, 0.15) is 51.1 Å². The Hall–Kier alpha value is -0.970. The largest absolute Gasteiger partial charge is 0.382 e. The number of hydrogen-bond acceptors (Lipinski definition) is 2. The van der Waals surface area contributed by atoms with Gasteiger partial charge in [0.1, 0.15) is 0 Å². The lowest BCUT2D eigenvalue weighted by molar-refractivity contribution is 0.0609. The predicted octanol–water partition coefficient (Wildman–Crippen LogP) is 4.56. The number of nitrogens with one attached hydrogen (secondary N) is 1. The lowest BCUT2D eigenvalue weighted by Gasteiger charge is -2.40. The first-order valence-electron chi connectivity index (χ1n) is 8.55. The highest BCUT2D eigenvalue weighted by molar-refractivity contribution is 6.35. The van der Waals surface area contributed by atoms with E-state index in [0.29, 0.717) is 16.0 Å². The zero-order valence-corrected chi connectivity index (χ0v) is 16.0. The molecule has 1 unspecified atom stereocenters. The minimum absolute atomic E-state index is 0.0284. The number of ether oxygens (including phenoxy) is 1. The third-order valence-corrected chi connectivity index (χ3v) is 5.34. The molecule has 0 aliphatic heterocycles. The summed E-state index contributed by atoms with van der Waals surface area (Å²) in [6.07, 6.45) is 4.73. The van der Waals surface area contributed by atoms with Crippen molar-refractivity contribution in [3.8, 4) is 0 Å². The van der Waals surface area contributed by atoms with Crippen molar-refractivity contribution in [3.05, 3.63) is 33.8 Å². The molecule has 1 aromatic carbocycles. The second-order valence-corrected chi connectivity index (χ2v) is 7.38. The average Bonchev–Trinajstić information content (AvgIpc) is 2.49. The first-order valence-corrected chi connectivity index (χ1v) is 9.30. The van der Waals surface area contributed by atoms with Crippen LogP contribution in [0.25, 0.3) is 0 Å². The van der Waals surface area contributed by atoms with E-state index in [9.17, 15) is 0 Å². The first kappa shape index (κ1) is 19.4. The van der Waals surface area contributed by atoms with Crippen molar-refractivity contribution in [2.24, 2.45) is 16.1 Å². The van der Waals surface area contributed by atoms with Crippen LogP contribution in [0.3, 0.4) is 0 Å². The highest BCUT2D eigenvalue weighted by Crippen LogP contribution is 2.44. The van der Waals surface area contributed by atoms with Gasteiger partial charge < -0.3 is 15.8 Å². The fourth-order valence-electron chi connectivity index (χ4n) is 3.05. The number of halogens is 2. The highest BCUT2D eigenvalue weighted by Gasteiger charge is 2.36. The standard InChI is InChI=1S/C18H27Cl2N3O/c1-3-24-10-9-18(7-4-8-18)12-22-17(21)23-13(2)15-6-5-14(19)11-16(15)20/h5-6,11,13H,3-4,7-10,12H2,1-2H3,(H3,21,22,23). The van der Waals surface area contributed by atoms with Crippen molar-refractivity contribution in [1.82, 2.24) is 5.32 Å². The summed E-state index contributed by atoms with van der Waals surface area (Å²) in [6.45, 7) is 6.35. The number of hydrogen-bond donors (Lipinski definition) is 2. The maximum absolute atomic E-state index is 6.24. The maximum atomic E-state index is 6.24. The van der Waals surface area contributed by atoms with Crippen LogP contribution < -0.4 is 11.1 Å². The molecule has 3 N–H and O–H groups in total. The molecule has 0 heterocycles. The van der Waals surface area contributed by atoms with Crippen LogP contribution >= 0.6 is 23.2 Å². The number of aliphatic imine (C=N–C) groups is 1. The van der Waals surface area contributed by atoms with Gasteiger partial charge in [-0.25, -0.2) is 0 Å². The van der Waals surface area contributed by atoms with E-state index in [2.05, 4.69) is 10.3 Å². The molecule has 0 bridgehead atoms. The molecule has 1 saturated carbocycles. The summed E-state index contributed by atoms with van der Waals surface area (Å²) in [5, 5.41) is 4.46. The Morgan fingerprint density at radius 1 is 1.42 bits per heavy atom. The number of nitrogens with zero attached hydrogens (tertiary/aromatic N) is 1. The minimum Gasteiger partial charge on any atom is -0.382 e. The van der Waals surface area contributed by atoms with Crippen LogP contribution in [0.4, 0.5) is 0 Å². The Bertz CT molecular complexity index is 573. The van der Waals surface area contributed by atoms with Gasteiger partial charge in [-0.1, -0.05) is 35.7 Å². The minimum atomic E-state index is -0.0284. The molecule has 6 heteroatoms. The van der Waals surface area contributed by atoms with Crippen LogP contribution in [0, 0.1) is 5.41 Å². The van der Waals surface area contributed by atoms with Crippen molar-refractivity contribution in [1.29, 1.82) is 0 Å². The third kappa shape index (κ3) is 5.27. The van der Waals surface area contributed by atoms with Crippen LogP contribution in [-0.2, 0) is 4.74 Å². The molecule has 1 aliphatic carbocycles. The Kier molecular flexibility index (Phi) is 7.20. The molecule has 1 fully saturated rings. The highest BCUT2D eigenvalue weighted by atomic mass is 35.5. The Balaban J connectivity index is 1.90. The molecule has 0 aromatic heterocycles. The van der Waals surface area contributed by atoms with Crippen molar-refractivity contribution in [2.75, 3.05) is 19.8 Å². The quantitative estimate of drug-likeness (QED) is 0.400. The molecule has 134 valence electrons. The molecular weight excluding hydrogens is 345 g/mol. The van der Waals surface area contributed by atoms with Gasteiger partial charge in [0.15, 0.2) is 5.96 Å². The Morgan fingerprint density at radius 2 is 2.17 bits per heavy atom. The van der Waals surface area contributed by atoms with Crippen molar-refractivity contribution < 1.29 is 4.74 Å². The van der Waals surface area contributed by atoms with Crippen LogP contribution in [0.2, 0.25) is 10.0 Å². The monoisotopic (exact) mass is 371 g/mol. The summed E-state index contributed by atoms with van der Waals surface area (Å²) in [7, 11) is 0. The molecule has 0 radical (unpaired) electrons. The van der Waals surface area contributed by atoms with Crippen molar-refractivity contribution >= 4 is 29.2 Å². The average molecular weight is 372 g/mol. The first-order chi connectivity index (χ1) is 11.5. The second-order valence-electron chi connectivity index (χ2n) is 6.53. The summed E-state index contributed by atoms with van der Waals surface area (Å²) in [4.78, 5) is 4.57. The number of rotatable bonds is 8. The van der Waals surface area contributed by atoms with Gasteiger partial charge in [-0.05, 0) is 56.2 Å². The number of guanidine groups is 1. The van der Waals surface area contributed by atoms with Gasteiger partial charge in [-0.3, -0.25) is 4.99 Å². The molecule has 0 saturated heterocycles. The topological polar surface area (TPSA) is 59.6 Å². The van der Waals surface area contributed by atoms with Crippen LogP contribution in [-0.4, -0.2) is 25.7 Å². The summed E-state index contributed by atoms with van der Waals surface area (Å²) >= 11 is 12.2. The van der Waals surface area contributed by atoms with Gasteiger partial charge in [0, 0.05) is 29.8 Å². The number of nitrogens with two attached hydrogens (primary N) is 1. The van der Waals surface area contributed by atoms with Crippen molar-refractivity contribution in [3.63, 3.8) is 0 Å². The van der Waals surface area contributed by atoms with E-state index in [1.807, 2.05) is 26.0 Å². The number of benzene rings is 1. The zero-order chi connectivity index (χ0) is 17.6. The van der Waals surface area contributed by atoms with Gasteiger partial charge in [-0.2, -0.15) is 0 Å². The maximum Gasteiger partial charge on any atom is 0.189 e. The molecular formula is C18H27Cl2N3O. The van der Waals surface area contributed by atoms with E-state index in [0.717, 1.165) is 31.7 Å². The second kappa shape index (κ2) is 8.93. The summed E-state index contributed by atoms with van der Waals surface area (Å²) < 4.78 is 5.50. The van der Waals surface area contributed by atoms with E-state index in [-0.39, 0.29) is 11.5 Å². The molecule has 24 heavy (non-hydrogen) atoms. The van der Waals surface area contributed by atoms with E-state index in [1.165, 1.54) is 19.3 Å². The fraction of sp³-hybridized carbons (Fsp3) is 0.611. The van der Waals surface area contributed by atoms with Gasteiger partial charge >= 0.3 is 0 Å². The van der Waals surface area contributed by atoms with E-state index in [1.54, 1.807) is 6.07 Å². The van der Waals surface area contributed by atoms with Gasteiger partial charge in [0.25, 0.3) is 0 Å². The van der Waals surface area contributed by atoms with Gasteiger partial charge in [-0.15, -0.1) is 0 Å². The molecule has 4 nitrogen and oxygen atoms in total. The van der Waals surface area contributed by atoms with Gasteiger partial charge in [0.05, 0.1) is 6.04 Å². The fourth-order valence-corrected chi connectivity index (χ4v) is 3.62. The van der Waals surface area contributed by atoms with Crippen LogP contribution in [0.5, 0.6) is 0 Å². The SMILES string of the molecule is CCOCCC1(CN=C(N)NC(C)c2ccc(Cl)cc2Cl)CCC1. The smallest absolute Gasteiger partial charge is 0.189 e. The van der Waals surface area contributed by atoms with E-state index >= 15 is 0 Å². The predicted molar refractivity (Wildman–Crippen MR) is 102 cm³/mol. The Morgan fingerprint density at radius 3 is 2.75 bits per heavy atom. The third-order valence-electron chi connectivity index (χ3n) is 4.77. The van der Waals surface area contributed by atoms with Gasteiger partial charge in [0.2, 0.25) is 0 Å². The normalized spacial score (nSPS) is 18.1. The molecule has 1 atom stereocenters. The molecule has 1 aliphatic rings. The zero-order valence-electron chi connectivity index (χ0n) is 14.4. The summed E-state index contributed by atoms with van der Waals surface area (Å²) in [5.41, 5.74) is 7.29. The molecule has 1 aromatic rings. The van der Waals surface area contributed by atoms with Crippen molar-refractivity contribution in [2.45, 2.75) is 45.6 Å². The summed E-state index contributed by atoms with van der Waals surface area (Å²) in [5.74, 6) is 0.455. The molecule has 0 spiro atoms. The van der Waals surface area contributed by atoms with E-state index in [4.69, 9.17) is 33.7 Å². The lowest BCUT2D eigenvalue weighted by atomic mass is 9.67. The lowest BCUT2D eigenvalue weighted by Crippen LogP contribution is -2.38. The van der Waals surface area contributed by atoms with E-state index < -0.39 is 0 Å². The summed E-state index contributed by atoms with van der Waals surface area (Å²) in [6, 6.07) is 5.44. The Labute approximate surface area is 154 Å². The molecule has 0 amide bonds. The molecule has 2 rings (SSSR count). The van der Waals surface area contributed by atoms with Crippen LogP contribution in [0.15, 0.2) is 23.2 Å².